The molecule has 2 unspecified atom stereocenters. The van der Waals surface area contributed by atoms with Gasteiger partial charge in [0.15, 0.2) is 6.23 Å². The molecule has 1 aliphatic rings. The van der Waals surface area contributed by atoms with Crippen LogP contribution in [0.2, 0.25) is 0 Å². The van der Waals surface area contributed by atoms with E-state index < -0.39 is 5.97 Å². The number of carbonyl (C=O) groups is 1. The molecule has 2 aromatic rings. The van der Waals surface area contributed by atoms with Crippen LogP contribution in [0, 0.1) is 0 Å². The van der Waals surface area contributed by atoms with Crippen LogP contribution in [0.5, 0.6) is 5.75 Å². The van der Waals surface area contributed by atoms with Gasteiger partial charge in [0.2, 0.25) is 0 Å². The highest BCUT2D eigenvalue weighted by atomic mass is 35.5. The molecule has 2 atom stereocenters. The van der Waals surface area contributed by atoms with Gasteiger partial charge in [0.1, 0.15) is 5.75 Å². The molecule has 0 radical (unpaired) electrons. The Balaban J connectivity index is 0.00000261. The van der Waals surface area contributed by atoms with Crippen LogP contribution in [0.15, 0.2) is 54.9 Å². The third-order valence-corrected chi connectivity index (χ3v) is 4.68. The summed E-state index contributed by atoms with van der Waals surface area (Å²) >= 11 is 0. The summed E-state index contributed by atoms with van der Waals surface area (Å²) in [4.78, 5) is 19.7. The van der Waals surface area contributed by atoms with Gasteiger partial charge in [-0.15, -0.1) is 12.4 Å². The van der Waals surface area contributed by atoms with E-state index >= 15 is 0 Å². The van der Waals surface area contributed by atoms with Crippen molar-refractivity contribution in [1.29, 1.82) is 0 Å². The second-order valence-electron chi connectivity index (χ2n) is 6.56. The van der Waals surface area contributed by atoms with E-state index in [0.717, 1.165) is 25.4 Å². The Hall–Kier alpha value is -2.31. The molecule has 1 saturated heterocycles. The van der Waals surface area contributed by atoms with E-state index in [1.807, 2.05) is 54.9 Å². The summed E-state index contributed by atoms with van der Waals surface area (Å²) < 4.78 is 6.13. The summed E-state index contributed by atoms with van der Waals surface area (Å²) in [5, 5.41) is 9.08. The lowest BCUT2D eigenvalue weighted by Gasteiger charge is -2.44. The number of hydrogen-bond acceptors (Lipinski definition) is 5. The second kappa shape index (κ2) is 10.1. The average molecular weight is 392 g/mol. The first-order chi connectivity index (χ1) is 12.6. The van der Waals surface area contributed by atoms with Gasteiger partial charge in [0.25, 0.3) is 0 Å². The maximum atomic E-state index is 11.1. The van der Waals surface area contributed by atoms with Crippen LogP contribution in [0.4, 0.5) is 5.69 Å². The van der Waals surface area contributed by atoms with E-state index in [1.165, 1.54) is 5.69 Å². The Bertz CT molecular complexity index is 702. The van der Waals surface area contributed by atoms with E-state index in [9.17, 15) is 4.79 Å². The van der Waals surface area contributed by atoms with Gasteiger partial charge < -0.3 is 14.7 Å². The van der Waals surface area contributed by atoms with Crippen molar-refractivity contribution in [2.75, 3.05) is 24.5 Å². The zero-order chi connectivity index (χ0) is 18.4. The standard InChI is InChI=1S/C20H25N3O3.ClH/c1-16-15-22(13-14-23(16)17-9-11-21-12-10-17)19(7-8-20(24)25)26-18-5-3-2-4-6-18;/h2-6,9-12,16,19H,7-8,13-15H2,1H3,(H,24,25);1H. The molecule has 0 saturated carbocycles. The van der Waals surface area contributed by atoms with Crippen molar-refractivity contribution in [3.8, 4) is 5.75 Å². The smallest absolute Gasteiger partial charge is 0.303 e. The quantitative estimate of drug-likeness (QED) is 0.781. The molecule has 1 fully saturated rings. The molecule has 1 aromatic carbocycles. The van der Waals surface area contributed by atoms with E-state index in [0.29, 0.717) is 12.5 Å². The fourth-order valence-corrected chi connectivity index (χ4v) is 3.39. The number of pyridine rings is 1. The summed E-state index contributed by atoms with van der Waals surface area (Å²) in [5.74, 6) is -0.0257. The number of aliphatic carboxylic acids is 1. The van der Waals surface area contributed by atoms with Gasteiger partial charge in [-0.1, -0.05) is 18.2 Å². The maximum Gasteiger partial charge on any atom is 0.303 e. The van der Waals surface area contributed by atoms with Crippen LogP contribution in [-0.2, 0) is 4.79 Å². The molecule has 146 valence electrons. The average Bonchev–Trinajstić information content (AvgIpc) is 2.66. The van der Waals surface area contributed by atoms with Crippen LogP contribution in [0.25, 0.3) is 0 Å². The molecule has 3 rings (SSSR count). The lowest BCUT2D eigenvalue weighted by atomic mass is 10.1. The first kappa shape index (κ1) is 21.0. The molecule has 2 heterocycles. The summed E-state index contributed by atoms with van der Waals surface area (Å²) in [5.41, 5.74) is 1.17. The van der Waals surface area contributed by atoms with Crippen molar-refractivity contribution >= 4 is 24.1 Å². The van der Waals surface area contributed by atoms with Crippen LogP contribution >= 0.6 is 12.4 Å². The third-order valence-electron chi connectivity index (χ3n) is 4.68. The molecule has 1 aliphatic heterocycles. The number of ether oxygens (including phenoxy) is 1. The van der Waals surface area contributed by atoms with Crippen molar-refractivity contribution in [2.45, 2.75) is 32.0 Å². The molecule has 27 heavy (non-hydrogen) atoms. The Morgan fingerprint density at radius 3 is 2.56 bits per heavy atom. The predicted molar refractivity (Wildman–Crippen MR) is 108 cm³/mol. The fraction of sp³-hybridized carbons (Fsp3) is 0.400. The van der Waals surface area contributed by atoms with Gasteiger partial charge in [-0.25, -0.2) is 0 Å². The number of nitrogens with zero attached hydrogens (tertiary/aromatic N) is 3. The molecular weight excluding hydrogens is 366 g/mol. The van der Waals surface area contributed by atoms with Gasteiger partial charge in [-0.2, -0.15) is 0 Å². The molecule has 1 aromatic heterocycles. The van der Waals surface area contributed by atoms with Crippen molar-refractivity contribution in [1.82, 2.24) is 9.88 Å². The predicted octanol–water partition coefficient (Wildman–Crippen LogP) is 3.28. The van der Waals surface area contributed by atoms with E-state index in [2.05, 4.69) is 21.7 Å². The molecule has 0 amide bonds. The number of carboxylic acids is 1. The molecule has 6 nitrogen and oxygen atoms in total. The fourth-order valence-electron chi connectivity index (χ4n) is 3.39. The van der Waals surface area contributed by atoms with Crippen molar-refractivity contribution in [3.63, 3.8) is 0 Å². The lowest BCUT2D eigenvalue weighted by Crippen LogP contribution is -2.56. The van der Waals surface area contributed by atoms with Crippen LogP contribution in [0.1, 0.15) is 19.8 Å². The highest BCUT2D eigenvalue weighted by Crippen LogP contribution is 2.23. The number of benzene rings is 1. The Morgan fingerprint density at radius 2 is 1.93 bits per heavy atom. The number of piperazine rings is 1. The Morgan fingerprint density at radius 1 is 1.22 bits per heavy atom. The Labute approximate surface area is 166 Å². The lowest BCUT2D eigenvalue weighted by molar-refractivity contribution is -0.138. The van der Waals surface area contributed by atoms with Gasteiger partial charge >= 0.3 is 5.97 Å². The minimum absolute atomic E-state index is 0. The van der Waals surface area contributed by atoms with Crippen molar-refractivity contribution < 1.29 is 14.6 Å². The number of hydrogen-bond donors (Lipinski definition) is 1. The number of anilines is 1. The first-order valence-electron chi connectivity index (χ1n) is 8.97. The van der Waals surface area contributed by atoms with Crippen molar-refractivity contribution in [2.24, 2.45) is 0 Å². The number of aromatic nitrogens is 1. The van der Waals surface area contributed by atoms with Crippen LogP contribution in [0.3, 0.4) is 0 Å². The number of para-hydroxylation sites is 1. The molecule has 0 spiro atoms. The highest BCUT2D eigenvalue weighted by Gasteiger charge is 2.30. The van der Waals surface area contributed by atoms with Crippen LogP contribution in [-0.4, -0.2) is 52.9 Å². The van der Waals surface area contributed by atoms with Gasteiger partial charge in [-0.05, 0) is 31.2 Å². The van der Waals surface area contributed by atoms with E-state index in [-0.39, 0.29) is 25.1 Å². The second-order valence-corrected chi connectivity index (χ2v) is 6.56. The van der Waals surface area contributed by atoms with E-state index in [1.54, 1.807) is 0 Å². The van der Waals surface area contributed by atoms with Gasteiger partial charge in [0.05, 0.1) is 6.42 Å². The minimum atomic E-state index is -0.796. The summed E-state index contributed by atoms with van der Waals surface area (Å²) in [6, 6.07) is 14.0. The molecular formula is C20H26ClN3O3. The SMILES string of the molecule is CC1CN(C(CCC(=O)O)Oc2ccccc2)CCN1c1ccncc1.Cl. The maximum absolute atomic E-state index is 11.1. The monoisotopic (exact) mass is 391 g/mol. The number of rotatable bonds is 7. The third kappa shape index (κ3) is 5.84. The number of halogens is 1. The zero-order valence-corrected chi connectivity index (χ0v) is 16.2. The van der Waals surface area contributed by atoms with Gasteiger partial charge in [0, 0.05) is 50.2 Å². The van der Waals surface area contributed by atoms with Crippen molar-refractivity contribution in [3.05, 3.63) is 54.9 Å². The largest absolute Gasteiger partial charge is 0.481 e. The Kier molecular flexibility index (Phi) is 7.88. The number of carboxylic acid groups (broad SMARTS) is 1. The highest BCUT2D eigenvalue weighted by molar-refractivity contribution is 5.85. The summed E-state index contributed by atoms with van der Waals surface area (Å²) in [6.07, 6.45) is 3.93. The molecule has 1 N–H and O–H groups in total. The van der Waals surface area contributed by atoms with Crippen LogP contribution < -0.4 is 9.64 Å². The first-order valence-corrected chi connectivity index (χ1v) is 8.97. The zero-order valence-electron chi connectivity index (χ0n) is 15.4. The molecule has 0 aliphatic carbocycles. The topological polar surface area (TPSA) is 65.9 Å². The van der Waals surface area contributed by atoms with E-state index in [4.69, 9.17) is 9.84 Å². The molecule has 7 heteroatoms. The van der Waals surface area contributed by atoms with Gasteiger partial charge in [-0.3, -0.25) is 14.7 Å². The minimum Gasteiger partial charge on any atom is -0.481 e. The summed E-state index contributed by atoms with van der Waals surface area (Å²) in [7, 11) is 0. The molecule has 0 bridgehead atoms. The summed E-state index contributed by atoms with van der Waals surface area (Å²) in [6.45, 7) is 4.69. The normalized spacial score (nSPS) is 18.4.